The average molecular weight is 178 g/mol. The van der Waals surface area contributed by atoms with Gasteiger partial charge in [0.25, 0.3) is 0 Å². The molecule has 2 nitrogen and oxygen atoms in total. The van der Waals surface area contributed by atoms with Gasteiger partial charge < -0.3 is 0 Å². The second-order valence-corrected chi connectivity index (χ2v) is 2.79. The first-order chi connectivity index (χ1) is 4.61. The van der Waals surface area contributed by atoms with Crippen LogP contribution in [-0.4, -0.2) is 4.98 Å². The van der Waals surface area contributed by atoms with Crippen LogP contribution < -0.4 is 4.57 Å². The molecule has 1 rings (SSSR count). The Kier molecular flexibility index (Phi) is 2.11. The molecular weight excluding hydrogens is 171 g/mol. The van der Waals surface area contributed by atoms with E-state index in [1.165, 1.54) is 0 Å². The van der Waals surface area contributed by atoms with Crippen LogP contribution >= 0.6 is 23.2 Å². The minimum Gasteiger partial charge on any atom is -0.223 e. The molecule has 0 saturated heterocycles. The molecule has 0 aromatic carbocycles. The van der Waals surface area contributed by atoms with Crippen LogP contribution in [-0.2, 0) is 7.05 Å². The first-order valence-electron chi connectivity index (χ1n) is 2.79. The highest BCUT2D eigenvalue weighted by Crippen LogP contribution is 2.10. The summed E-state index contributed by atoms with van der Waals surface area (Å²) in [4.78, 5) is 3.87. The van der Waals surface area contributed by atoms with E-state index in [1.54, 1.807) is 4.57 Å². The van der Waals surface area contributed by atoms with E-state index in [9.17, 15) is 0 Å². The Morgan fingerprint density at radius 2 is 2.10 bits per heavy atom. The van der Waals surface area contributed by atoms with Gasteiger partial charge in [-0.2, -0.15) is 0 Å². The zero-order chi connectivity index (χ0) is 7.72. The van der Waals surface area contributed by atoms with Gasteiger partial charge in [-0.3, -0.25) is 0 Å². The lowest BCUT2D eigenvalue weighted by Crippen LogP contribution is -2.30. The number of hydrogen-bond acceptors (Lipinski definition) is 1. The Labute approximate surface area is 69.4 Å². The molecule has 0 aliphatic heterocycles. The zero-order valence-corrected chi connectivity index (χ0v) is 7.24. The lowest BCUT2D eigenvalue weighted by molar-refractivity contribution is -0.672. The van der Waals surface area contributed by atoms with E-state index in [0.717, 1.165) is 5.56 Å². The van der Waals surface area contributed by atoms with E-state index in [-0.39, 0.29) is 0 Å². The first kappa shape index (κ1) is 7.76. The van der Waals surface area contributed by atoms with E-state index in [0.29, 0.717) is 10.4 Å². The van der Waals surface area contributed by atoms with Crippen molar-refractivity contribution in [2.24, 2.45) is 7.05 Å². The van der Waals surface area contributed by atoms with Crippen molar-refractivity contribution in [1.29, 1.82) is 0 Å². The van der Waals surface area contributed by atoms with Crippen molar-refractivity contribution in [3.05, 3.63) is 22.2 Å². The van der Waals surface area contributed by atoms with Gasteiger partial charge >= 0.3 is 5.28 Å². The van der Waals surface area contributed by atoms with Gasteiger partial charge in [0.2, 0.25) is 5.15 Å². The number of aromatic nitrogens is 2. The second kappa shape index (κ2) is 2.72. The van der Waals surface area contributed by atoms with Crippen molar-refractivity contribution in [3.8, 4) is 0 Å². The second-order valence-electron chi connectivity index (χ2n) is 2.09. The molecule has 0 aliphatic carbocycles. The highest BCUT2D eigenvalue weighted by atomic mass is 35.5. The third-order valence-corrected chi connectivity index (χ3v) is 1.93. The molecule has 10 heavy (non-hydrogen) atoms. The van der Waals surface area contributed by atoms with Crippen LogP contribution in [0.1, 0.15) is 5.56 Å². The third-order valence-electron chi connectivity index (χ3n) is 1.19. The lowest BCUT2D eigenvalue weighted by Gasteiger charge is -1.92. The predicted octanol–water partition coefficient (Wildman–Crippen LogP) is 1.52. The molecule has 0 aliphatic rings. The molecule has 0 spiro atoms. The summed E-state index contributed by atoms with van der Waals surface area (Å²) in [5.74, 6) is 0. The highest BCUT2D eigenvalue weighted by Gasteiger charge is 2.10. The molecule has 0 radical (unpaired) electrons. The topological polar surface area (TPSA) is 16.8 Å². The van der Waals surface area contributed by atoms with E-state index in [2.05, 4.69) is 4.98 Å². The number of hydrogen-bond donors (Lipinski definition) is 0. The summed E-state index contributed by atoms with van der Waals surface area (Å²) in [5, 5.41) is 0.860. The lowest BCUT2D eigenvalue weighted by atomic mass is 10.4. The molecule has 1 aromatic rings. The highest BCUT2D eigenvalue weighted by molar-refractivity contribution is 6.31. The molecule has 0 saturated carbocycles. The van der Waals surface area contributed by atoms with E-state index < -0.39 is 0 Å². The maximum absolute atomic E-state index is 5.68. The summed E-state index contributed by atoms with van der Waals surface area (Å²) in [6.45, 7) is 1.88. The summed E-state index contributed by atoms with van der Waals surface area (Å²) < 4.78 is 1.71. The predicted molar refractivity (Wildman–Crippen MR) is 40.2 cm³/mol. The van der Waals surface area contributed by atoms with E-state index >= 15 is 0 Å². The molecule has 0 atom stereocenters. The number of aryl methyl sites for hydroxylation is 2. The monoisotopic (exact) mass is 177 g/mol. The van der Waals surface area contributed by atoms with Gasteiger partial charge in [-0.25, -0.2) is 4.57 Å². The molecule has 0 amide bonds. The largest absolute Gasteiger partial charge is 0.397 e. The van der Waals surface area contributed by atoms with E-state index in [4.69, 9.17) is 23.2 Å². The van der Waals surface area contributed by atoms with Crippen molar-refractivity contribution in [2.45, 2.75) is 6.92 Å². The fourth-order valence-electron chi connectivity index (χ4n) is 0.645. The zero-order valence-electron chi connectivity index (χ0n) is 5.73. The van der Waals surface area contributed by atoms with Crippen molar-refractivity contribution in [3.63, 3.8) is 0 Å². The Morgan fingerprint density at radius 3 is 2.60 bits per heavy atom. The fraction of sp³-hybridized carbons (Fsp3) is 0.333. The van der Waals surface area contributed by atoms with Crippen LogP contribution in [0.4, 0.5) is 0 Å². The molecule has 0 unspecified atom stereocenters. The summed E-state index contributed by atoms with van der Waals surface area (Å²) in [6, 6.07) is 0. The van der Waals surface area contributed by atoms with Crippen LogP contribution in [0, 0.1) is 6.92 Å². The maximum Gasteiger partial charge on any atom is 0.397 e. The molecule has 4 heteroatoms. The Hall–Kier alpha value is -0.340. The third kappa shape index (κ3) is 1.39. The molecule has 1 heterocycles. The van der Waals surface area contributed by atoms with Crippen LogP contribution in [0.15, 0.2) is 6.20 Å². The molecular formula is C6H7Cl2N2+. The molecule has 54 valence electrons. The molecule has 0 fully saturated rings. The first-order valence-corrected chi connectivity index (χ1v) is 3.55. The van der Waals surface area contributed by atoms with Gasteiger partial charge in [0.15, 0.2) is 0 Å². The standard InChI is InChI=1S/C6H7Cl2N2/c1-4-3-10(2)6(8)9-5(4)7/h3H,1-2H3/q+1. The summed E-state index contributed by atoms with van der Waals surface area (Å²) in [6.07, 6.45) is 1.83. The molecule has 0 bridgehead atoms. The summed E-state index contributed by atoms with van der Waals surface area (Å²) in [7, 11) is 1.82. The van der Waals surface area contributed by atoms with Crippen molar-refractivity contribution < 1.29 is 4.57 Å². The quantitative estimate of drug-likeness (QED) is 0.334. The SMILES string of the molecule is Cc1c[n+](C)c(Cl)nc1Cl. The van der Waals surface area contributed by atoms with Gasteiger partial charge in [-0.05, 0) is 23.5 Å². The van der Waals surface area contributed by atoms with Crippen molar-refractivity contribution in [1.82, 2.24) is 4.98 Å². The van der Waals surface area contributed by atoms with Gasteiger partial charge in [-0.1, -0.05) is 0 Å². The summed E-state index contributed by atoms with van der Waals surface area (Å²) in [5.41, 5.74) is 0.925. The van der Waals surface area contributed by atoms with E-state index in [1.807, 2.05) is 20.2 Å². The van der Waals surface area contributed by atoms with Gasteiger partial charge in [0, 0.05) is 11.6 Å². The minimum absolute atomic E-state index is 0.399. The molecule has 1 aromatic heterocycles. The maximum atomic E-state index is 5.68. The summed E-state index contributed by atoms with van der Waals surface area (Å²) >= 11 is 11.3. The average Bonchev–Trinajstić information content (AvgIpc) is 1.84. The molecule has 0 N–H and O–H groups in total. The Bertz CT molecular complexity index is 210. The van der Waals surface area contributed by atoms with Crippen LogP contribution in [0.5, 0.6) is 0 Å². The van der Waals surface area contributed by atoms with Gasteiger partial charge in [-0.15, -0.1) is 0 Å². The van der Waals surface area contributed by atoms with Crippen LogP contribution in [0.25, 0.3) is 0 Å². The van der Waals surface area contributed by atoms with Crippen molar-refractivity contribution in [2.75, 3.05) is 0 Å². The smallest absolute Gasteiger partial charge is 0.223 e. The fourth-order valence-corrected chi connectivity index (χ4v) is 0.950. The van der Waals surface area contributed by atoms with Gasteiger partial charge in [0.05, 0.1) is 18.8 Å². The number of rotatable bonds is 0. The van der Waals surface area contributed by atoms with Crippen LogP contribution in [0.3, 0.4) is 0 Å². The van der Waals surface area contributed by atoms with Crippen molar-refractivity contribution >= 4 is 23.2 Å². The Balaban J connectivity index is 3.28. The van der Waals surface area contributed by atoms with Crippen LogP contribution in [0.2, 0.25) is 10.4 Å². The Morgan fingerprint density at radius 1 is 1.50 bits per heavy atom. The number of halogens is 2. The van der Waals surface area contributed by atoms with Gasteiger partial charge in [0.1, 0.15) is 0 Å². The number of nitrogens with zero attached hydrogens (tertiary/aromatic N) is 2. The normalized spacial score (nSPS) is 10.0. The minimum atomic E-state index is 0.399.